The van der Waals surface area contributed by atoms with Crippen LogP contribution in [0.25, 0.3) is 26.6 Å². The summed E-state index contributed by atoms with van der Waals surface area (Å²) in [6, 6.07) is 32.7. The van der Waals surface area contributed by atoms with E-state index in [0.717, 1.165) is 42.5 Å². The number of nitriles is 1. The number of carbonyl (C=O) groups is 1. The molecule has 0 amide bonds. The molecular formula is C28H18N2O2S2. The molecule has 164 valence electrons. The Hall–Kier alpha value is -4.18. The first-order chi connectivity index (χ1) is 16.7. The molecular weight excluding hydrogens is 460 g/mol. The molecule has 0 aliphatic heterocycles. The summed E-state index contributed by atoms with van der Waals surface area (Å²) in [5, 5.41) is 21.5. The van der Waals surface area contributed by atoms with E-state index >= 15 is 0 Å². The standard InChI is InChI=1S/C28H18N2O2S2/c29-18-20(28(31)32)17-25-27-24(15-16-33-27)26(34-25)19-11-13-23(14-12-19)30(21-7-3-1-4-8-21)22-9-5-2-6-10-22/h1-17H,(H,31,32)/b20-17-. The van der Waals surface area contributed by atoms with Crippen LogP contribution in [-0.4, -0.2) is 11.1 Å². The molecule has 0 saturated heterocycles. The molecule has 0 atom stereocenters. The summed E-state index contributed by atoms with van der Waals surface area (Å²) in [6.07, 6.45) is 1.47. The van der Waals surface area contributed by atoms with E-state index in [1.807, 2.05) is 47.8 Å². The summed E-state index contributed by atoms with van der Waals surface area (Å²) in [4.78, 5) is 15.4. The topological polar surface area (TPSA) is 64.3 Å². The van der Waals surface area contributed by atoms with Crippen molar-refractivity contribution in [3.63, 3.8) is 0 Å². The maximum absolute atomic E-state index is 11.3. The lowest BCUT2D eigenvalue weighted by Crippen LogP contribution is -2.09. The zero-order chi connectivity index (χ0) is 23.5. The molecule has 0 bridgehead atoms. The summed E-state index contributed by atoms with van der Waals surface area (Å²) in [7, 11) is 0. The van der Waals surface area contributed by atoms with E-state index < -0.39 is 5.97 Å². The third-order valence-corrected chi connectivity index (χ3v) is 7.67. The molecule has 0 radical (unpaired) electrons. The number of hydrogen-bond donors (Lipinski definition) is 1. The first-order valence-electron chi connectivity index (χ1n) is 10.5. The summed E-state index contributed by atoms with van der Waals surface area (Å²) in [5.41, 5.74) is 3.97. The molecule has 2 heterocycles. The Morgan fingerprint density at radius 3 is 2.00 bits per heavy atom. The van der Waals surface area contributed by atoms with Crippen molar-refractivity contribution < 1.29 is 9.90 Å². The van der Waals surface area contributed by atoms with Crippen LogP contribution in [0.5, 0.6) is 0 Å². The molecule has 0 unspecified atom stereocenters. The van der Waals surface area contributed by atoms with Crippen molar-refractivity contribution in [2.45, 2.75) is 0 Å². The van der Waals surface area contributed by atoms with E-state index in [-0.39, 0.29) is 5.57 Å². The van der Waals surface area contributed by atoms with Crippen molar-refractivity contribution in [1.29, 1.82) is 5.26 Å². The van der Waals surface area contributed by atoms with E-state index in [1.165, 1.54) is 17.4 Å². The van der Waals surface area contributed by atoms with Crippen molar-refractivity contribution in [3.8, 4) is 16.5 Å². The van der Waals surface area contributed by atoms with Crippen LogP contribution in [0, 0.1) is 11.3 Å². The SMILES string of the molecule is N#C/C(=C/c1sc(-c2ccc(N(c3ccccc3)c3ccccc3)cc2)c2ccsc12)C(=O)O. The molecule has 4 nitrogen and oxygen atoms in total. The van der Waals surface area contributed by atoms with E-state index in [4.69, 9.17) is 0 Å². The van der Waals surface area contributed by atoms with Crippen LogP contribution < -0.4 is 4.90 Å². The molecule has 0 aliphatic carbocycles. The van der Waals surface area contributed by atoms with Gasteiger partial charge in [0.2, 0.25) is 0 Å². The lowest BCUT2D eigenvalue weighted by atomic mass is 10.1. The molecule has 0 aliphatic rings. The second-order valence-electron chi connectivity index (χ2n) is 7.49. The molecule has 2 aromatic heterocycles. The number of carboxylic acid groups (broad SMARTS) is 1. The van der Waals surface area contributed by atoms with Gasteiger partial charge in [-0.05, 0) is 59.5 Å². The van der Waals surface area contributed by atoms with Gasteiger partial charge in [-0.3, -0.25) is 0 Å². The van der Waals surface area contributed by atoms with Gasteiger partial charge in [0, 0.05) is 32.2 Å². The van der Waals surface area contributed by atoms with Gasteiger partial charge < -0.3 is 10.0 Å². The van der Waals surface area contributed by atoms with E-state index in [0.29, 0.717) is 0 Å². The highest BCUT2D eigenvalue weighted by Crippen LogP contribution is 2.43. The highest BCUT2D eigenvalue weighted by molar-refractivity contribution is 7.25. The van der Waals surface area contributed by atoms with Crippen LogP contribution in [0.15, 0.2) is 102 Å². The number of hydrogen-bond acceptors (Lipinski definition) is 5. The van der Waals surface area contributed by atoms with Gasteiger partial charge in [0.15, 0.2) is 0 Å². The second kappa shape index (κ2) is 9.36. The number of aliphatic carboxylic acids is 1. The number of fused-ring (bicyclic) bond motifs is 1. The molecule has 0 fully saturated rings. The highest BCUT2D eigenvalue weighted by Gasteiger charge is 2.17. The van der Waals surface area contributed by atoms with Gasteiger partial charge in [-0.2, -0.15) is 5.26 Å². The Kier molecular flexibility index (Phi) is 5.96. The summed E-state index contributed by atoms with van der Waals surface area (Å²) in [6.45, 7) is 0. The normalized spacial score (nSPS) is 11.3. The zero-order valence-electron chi connectivity index (χ0n) is 17.9. The Bertz CT molecular complexity index is 1490. The molecule has 6 heteroatoms. The van der Waals surface area contributed by atoms with Gasteiger partial charge in [0.25, 0.3) is 0 Å². The average Bonchev–Trinajstić information content (AvgIpc) is 3.48. The summed E-state index contributed by atoms with van der Waals surface area (Å²) >= 11 is 3.06. The lowest BCUT2D eigenvalue weighted by molar-refractivity contribution is -0.132. The fraction of sp³-hybridized carbons (Fsp3) is 0. The van der Waals surface area contributed by atoms with Crippen molar-refractivity contribution in [2.75, 3.05) is 4.90 Å². The van der Waals surface area contributed by atoms with Gasteiger partial charge in [0.05, 0.1) is 4.70 Å². The first kappa shape index (κ1) is 21.7. The Labute approximate surface area is 204 Å². The van der Waals surface area contributed by atoms with Crippen LogP contribution >= 0.6 is 22.7 Å². The van der Waals surface area contributed by atoms with E-state index in [2.05, 4.69) is 53.4 Å². The van der Waals surface area contributed by atoms with Gasteiger partial charge in [-0.15, -0.1) is 22.7 Å². The zero-order valence-corrected chi connectivity index (χ0v) is 19.5. The third-order valence-electron chi connectivity index (χ3n) is 5.39. The van der Waals surface area contributed by atoms with Crippen LogP contribution in [0.4, 0.5) is 17.1 Å². The maximum atomic E-state index is 11.3. The number of nitrogens with zero attached hydrogens (tertiary/aromatic N) is 2. The number of carboxylic acids is 1. The summed E-state index contributed by atoms with van der Waals surface area (Å²) in [5.74, 6) is -1.21. The Morgan fingerprint density at radius 2 is 1.44 bits per heavy atom. The predicted octanol–water partition coefficient (Wildman–Crippen LogP) is 8.09. The molecule has 3 aromatic carbocycles. The number of benzene rings is 3. The quantitative estimate of drug-likeness (QED) is 0.198. The van der Waals surface area contributed by atoms with Crippen LogP contribution in [0.1, 0.15) is 4.88 Å². The van der Waals surface area contributed by atoms with Gasteiger partial charge in [-0.25, -0.2) is 4.79 Å². The molecule has 0 saturated carbocycles. The monoisotopic (exact) mass is 478 g/mol. The largest absolute Gasteiger partial charge is 0.477 e. The van der Waals surface area contributed by atoms with Crippen LogP contribution in [0.3, 0.4) is 0 Å². The average molecular weight is 479 g/mol. The minimum atomic E-state index is -1.21. The molecule has 5 rings (SSSR count). The maximum Gasteiger partial charge on any atom is 0.346 e. The van der Waals surface area contributed by atoms with E-state index in [9.17, 15) is 15.2 Å². The van der Waals surface area contributed by atoms with Gasteiger partial charge in [-0.1, -0.05) is 48.5 Å². The van der Waals surface area contributed by atoms with Crippen molar-refractivity contribution in [1.82, 2.24) is 0 Å². The second-order valence-corrected chi connectivity index (χ2v) is 9.46. The minimum Gasteiger partial charge on any atom is -0.477 e. The molecule has 5 aromatic rings. The Morgan fingerprint density at radius 1 is 0.853 bits per heavy atom. The van der Waals surface area contributed by atoms with E-state index in [1.54, 1.807) is 17.4 Å². The van der Waals surface area contributed by atoms with Crippen LogP contribution in [-0.2, 0) is 4.79 Å². The fourth-order valence-corrected chi connectivity index (χ4v) is 6.12. The lowest BCUT2D eigenvalue weighted by Gasteiger charge is -2.25. The van der Waals surface area contributed by atoms with Gasteiger partial charge >= 0.3 is 5.97 Å². The predicted molar refractivity (Wildman–Crippen MR) is 141 cm³/mol. The number of thiophene rings is 2. The number of para-hydroxylation sites is 2. The minimum absolute atomic E-state index is 0.264. The highest BCUT2D eigenvalue weighted by atomic mass is 32.1. The molecule has 1 N–H and O–H groups in total. The smallest absolute Gasteiger partial charge is 0.346 e. The van der Waals surface area contributed by atoms with Crippen molar-refractivity contribution >= 4 is 61.9 Å². The van der Waals surface area contributed by atoms with Gasteiger partial charge in [0.1, 0.15) is 11.6 Å². The Balaban J connectivity index is 1.57. The molecule has 0 spiro atoms. The van der Waals surface area contributed by atoms with Crippen molar-refractivity contribution in [3.05, 3.63) is 107 Å². The first-order valence-corrected chi connectivity index (χ1v) is 12.2. The number of anilines is 3. The number of rotatable bonds is 6. The van der Waals surface area contributed by atoms with Crippen LogP contribution in [0.2, 0.25) is 0 Å². The third kappa shape index (κ3) is 4.11. The molecule has 34 heavy (non-hydrogen) atoms. The van der Waals surface area contributed by atoms with Crippen molar-refractivity contribution in [2.24, 2.45) is 0 Å². The fourth-order valence-electron chi connectivity index (χ4n) is 3.84. The summed E-state index contributed by atoms with van der Waals surface area (Å²) < 4.78 is 0.994.